The van der Waals surface area contributed by atoms with Crippen molar-refractivity contribution >= 4 is 9.84 Å². The maximum Gasteiger partial charge on any atom is 0.247 e. The third kappa shape index (κ3) is 1.87. The standard InChI is InChI=1S/C11H14N2O2S/c1-2-4-9-5-6-10(9)16(14,15)11-12-7-3-8-13-11/h2-3,7-10H,1,4-6H2/t9-,10-/m1/s1. The summed E-state index contributed by atoms with van der Waals surface area (Å²) in [6.45, 7) is 3.65. The van der Waals surface area contributed by atoms with E-state index in [1.54, 1.807) is 12.1 Å². The Morgan fingerprint density at radius 3 is 2.56 bits per heavy atom. The lowest BCUT2D eigenvalue weighted by molar-refractivity contribution is 0.318. The van der Waals surface area contributed by atoms with Gasteiger partial charge >= 0.3 is 0 Å². The highest BCUT2D eigenvalue weighted by Gasteiger charge is 2.42. The Kier molecular flexibility index (Phi) is 3.05. The molecular weight excluding hydrogens is 224 g/mol. The monoisotopic (exact) mass is 238 g/mol. The van der Waals surface area contributed by atoms with Gasteiger partial charge in [0.05, 0.1) is 5.25 Å². The van der Waals surface area contributed by atoms with Gasteiger partial charge in [0, 0.05) is 12.4 Å². The summed E-state index contributed by atoms with van der Waals surface area (Å²) in [5.41, 5.74) is 0. The summed E-state index contributed by atoms with van der Waals surface area (Å²) in [5, 5.41) is -0.373. The highest BCUT2D eigenvalue weighted by Crippen LogP contribution is 2.38. The van der Waals surface area contributed by atoms with E-state index in [4.69, 9.17) is 0 Å². The molecule has 0 spiro atoms. The van der Waals surface area contributed by atoms with Crippen molar-refractivity contribution < 1.29 is 8.42 Å². The molecule has 5 heteroatoms. The zero-order valence-electron chi connectivity index (χ0n) is 8.91. The van der Waals surface area contributed by atoms with Crippen molar-refractivity contribution in [1.82, 2.24) is 9.97 Å². The molecule has 1 aliphatic carbocycles. The quantitative estimate of drug-likeness (QED) is 0.590. The zero-order chi connectivity index (χ0) is 11.6. The first-order valence-electron chi connectivity index (χ1n) is 5.28. The average Bonchev–Trinajstić information content (AvgIpc) is 2.25. The maximum absolute atomic E-state index is 12.1. The summed E-state index contributed by atoms with van der Waals surface area (Å²) in [7, 11) is -3.34. The number of hydrogen-bond acceptors (Lipinski definition) is 4. The minimum absolute atomic E-state index is 0.0474. The molecule has 1 heterocycles. The maximum atomic E-state index is 12.1. The zero-order valence-corrected chi connectivity index (χ0v) is 9.73. The van der Waals surface area contributed by atoms with Crippen molar-refractivity contribution in [2.75, 3.05) is 0 Å². The first-order valence-corrected chi connectivity index (χ1v) is 6.82. The number of aromatic nitrogens is 2. The van der Waals surface area contributed by atoms with Gasteiger partial charge in [-0.3, -0.25) is 0 Å². The molecule has 1 fully saturated rings. The normalized spacial score (nSPS) is 24.8. The van der Waals surface area contributed by atoms with Crippen molar-refractivity contribution in [3.8, 4) is 0 Å². The fourth-order valence-electron chi connectivity index (χ4n) is 2.00. The van der Waals surface area contributed by atoms with Gasteiger partial charge in [-0.15, -0.1) is 6.58 Å². The fourth-order valence-corrected chi connectivity index (χ4v) is 3.89. The second kappa shape index (κ2) is 4.33. The van der Waals surface area contributed by atoms with Gasteiger partial charge in [0.2, 0.25) is 15.0 Å². The second-order valence-electron chi connectivity index (χ2n) is 3.98. The number of hydrogen-bond donors (Lipinski definition) is 0. The molecule has 1 aromatic heterocycles. The van der Waals surface area contributed by atoms with Gasteiger partial charge in [0.15, 0.2) is 0 Å². The third-order valence-electron chi connectivity index (χ3n) is 3.01. The number of allylic oxidation sites excluding steroid dienone is 1. The molecule has 4 nitrogen and oxygen atoms in total. The van der Waals surface area contributed by atoms with Crippen LogP contribution in [0.25, 0.3) is 0 Å². The molecule has 1 aromatic rings. The van der Waals surface area contributed by atoms with Crippen LogP contribution in [-0.2, 0) is 9.84 Å². The topological polar surface area (TPSA) is 59.9 Å². The van der Waals surface area contributed by atoms with Crippen molar-refractivity contribution in [3.05, 3.63) is 31.1 Å². The van der Waals surface area contributed by atoms with Crippen LogP contribution in [0.4, 0.5) is 0 Å². The highest BCUT2D eigenvalue weighted by atomic mass is 32.2. The largest absolute Gasteiger partial charge is 0.247 e. The van der Waals surface area contributed by atoms with Gasteiger partial charge in [-0.25, -0.2) is 18.4 Å². The molecule has 0 N–H and O–H groups in total. The molecule has 16 heavy (non-hydrogen) atoms. The summed E-state index contributed by atoms with van der Waals surface area (Å²) in [6, 6.07) is 1.61. The fraction of sp³-hybridized carbons (Fsp3) is 0.455. The summed E-state index contributed by atoms with van der Waals surface area (Å²) >= 11 is 0. The van der Waals surface area contributed by atoms with Gasteiger partial charge in [0.25, 0.3) is 0 Å². The molecule has 2 rings (SSSR count). The SMILES string of the molecule is C=CC[C@@H]1CC[C@H]1S(=O)(=O)c1ncccn1. The highest BCUT2D eigenvalue weighted by molar-refractivity contribution is 7.91. The minimum atomic E-state index is -3.34. The first-order chi connectivity index (χ1) is 7.66. The van der Waals surface area contributed by atoms with Crippen LogP contribution < -0.4 is 0 Å². The lowest BCUT2D eigenvalue weighted by Gasteiger charge is -2.34. The molecule has 0 aliphatic heterocycles. The van der Waals surface area contributed by atoms with Crippen LogP contribution in [0.3, 0.4) is 0 Å². The van der Waals surface area contributed by atoms with E-state index in [0.29, 0.717) is 6.42 Å². The Morgan fingerprint density at radius 2 is 2.06 bits per heavy atom. The Morgan fingerprint density at radius 1 is 1.38 bits per heavy atom. The van der Waals surface area contributed by atoms with E-state index in [1.807, 2.05) is 0 Å². The average molecular weight is 238 g/mol. The Labute approximate surface area is 95.4 Å². The minimum Gasteiger partial charge on any atom is -0.227 e. The molecule has 0 bridgehead atoms. The first kappa shape index (κ1) is 11.3. The van der Waals surface area contributed by atoms with E-state index in [9.17, 15) is 8.42 Å². The Hall–Kier alpha value is -1.23. The predicted molar refractivity (Wildman–Crippen MR) is 60.5 cm³/mol. The van der Waals surface area contributed by atoms with Gasteiger partial charge in [-0.05, 0) is 31.2 Å². The van der Waals surface area contributed by atoms with Crippen LogP contribution in [0.5, 0.6) is 0 Å². The van der Waals surface area contributed by atoms with Gasteiger partial charge in [-0.2, -0.15) is 0 Å². The van der Waals surface area contributed by atoms with Crippen LogP contribution in [0.1, 0.15) is 19.3 Å². The van der Waals surface area contributed by atoms with E-state index in [0.717, 1.165) is 12.8 Å². The number of sulfone groups is 1. The van der Waals surface area contributed by atoms with Crippen LogP contribution in [0.2, 0.25) is 0 Å². The van der Waals surface area contributed by atoms with Gasteiger partial charge < -0.3 is 0 Å². The summed E-state index contributed by atoms with van der Waals surface area (Å²) in [5.74, 6) is 0.186. The molecule has 2 atom stereocenters. The lowest BCUT2D eigenvalue weighted by Crippen LogP contribution is -2.39. The summed E-state index contributed by atoms with van der Waals surface area (Å²) < 4.78 is 24.3. The van der Waals surface area contributed by atoms with Crippen LogP contribution >= 0.6 is 0 Å². The predicted octanol–water partition coefficient (Wildman–Crippen LogP) is 1.60. The smallest absolute Gasteiger partial charge is 0.227 e. The number of rotatable bonds is 4. The van der Waals surface area contributed by atoms with Crippen molar-refractivity contribution in [3.63, 3.8) is 0 Å². The Balaban J connectivity index is 2.24. The molecule has 0 radical (unpaired) electrons. The van der Waals surface area contributed by atoms with Gasteiger partial charge in [-0.1, -0.05) is 6.08 Å². The molecule has 0 amide bonds. The molecule has 1 aliphatic rings. The van der Waals surface area contributed by atoms with E-state index >= 15 is 0 Å². The number of nitrogens with zero attached hydrogens (tertiary/aromatic N) is 2. The van der Waals surface area contributed by atoms with E-state index in [1.165, 1.54) is 12.4 Å². The van der Waals surface area contributed by atoms with E-state index < -0.39 is 9.84 Å². The molecular formula is C11H14N2O2S. The van der Waals surface area contributed by atoms with Crippen LogP contribution in [0.15, 0.2) is 36.3 Å². The molecule has 0 unspecified atom stereocenters. The molecule has 0 aromatic carbocycles. The van der Waals surface area contributed by atoms with E-state index in [-0.39, 0.29) is 16.3 Å². The molecule has 1 saturated carbocycles. The van der Waals surface area contributed by atoms with Crippen molar-refractivity contribution in [2.45, 2.75) is 29.7 Å². The lowest BCUT2D eigenvalue weighted by atomic mass is 9.82. The third-order valence-corrected chi connectivity index (χ3v) is 5.15. The van der Waals surface area contributed by atoms with Gasteiger partial charge in [0.1, 0.15) is 0 Å². The van der Waals surface area contributed by atoms with Crippen molar-refractivity contribution in [1.29, 1.82) is 0 Å². The van der Waals surface area contributed by atoms with E-state index in [2.05, 4.69) is 16.5 Å². The molecule has 0 saturated heterocycles. The summed E-state index contributed by atoms with van der Waals surface area (Å²) in [6.07, 6.45) is 7.10. The Bertz CT molecular complexity index is 470. The molecule has 86 valence electrons. The second-order valence-corrected chi connectivity index (χ2v) is 6.04. The van der Waals surface area contributed by atoms with Crippen LogP contribution in [-0.4, -0.2) is 23.6 Å². The summed E-state index contributed by atoms with van der Waals surface area (Å²) in [4.78, 5) is 7.65. The van der Waals surface area contributed by atoms with Crippen molar-refractivity contribution in [2.24, 2.45) is 5.92 Å². The van der Waals surface area contributed by atoms with Crippen LogP contribution in [0, 0.1) is 5.92 Å².